The van der Waals surface area contributed by atoms with E-state index in [1.165, 1.54) is 18.3 Å². The van der Waals surface area contributed by atoms with Crippen molar-refractivity contribution in [1.29, 1.82) is 0 Å². The highest BCUT2D eigenvalue weighted by Crippen LogP contribution is 2.30. The number of hydrogen-bond acceptors (Lipinski definition) is 7. The molecule has 7 nitrogen and oxygen atoms in total. The van der Waals surface area contributed by atoms with Crippen LogP contribution in [0.5, 0.6) is 5.75 Å². The van der Waals surface area contributed by atoms with Gasteiger partial charge in [-0.1, -0.05) is 47.7 Å². The fourth-order valence-electron chi connectivity index (χ4n) is 3.74. The second-order valence-corrected chi connectivity index (χ2v) is 9.36. The summed E-state index contributed by atoms with van der Waals surface area (Å²) in [7, 11) is 0. The van der Waals surface area contributed by atoms with E-state index in [4.69, 9.17) is 9.47 Å². The molecule has 2 aromatic carbocycles. The molecule has 1 aliphatic heterocycles. The van der Waals surface area contributed by atoms with Gasteiger partial charge in [-0.15, -0.1) is 0 Å². The molecule has 0 spiro atoms. The molecule has 1 aliphatic rings. The number of halogens is 1. The molecule has 174 valence electrons. The van der Waals surface area contributed by atoms with E-state index >= 15 is 0 Å². The Balaban J connectivity index is 1.87. The zero-order chi connectivity index (χ0) is 24.4. The van der Waals surface area contributed by atoms with Gasteiger partial charge in [-0.25, -0.2) is 9.79 Å². The van der Waals surface area contributed by atoms with Gasteiger partial charge in [0.25, 0.3) is 5.56 Å². The van der Waals surface area contributed by atoms with Crippen LogP contribution in [0.1, 0.15) is 37.9 Å². The molecule has 0 unspecified atom stereocenters. The average molecular weight is 541 g/mol. The number of aromatic nitrogens is 1. The van der Waals surface area contributed by atoms with Gasteiger partial charge < -0.3 is 9.47 Å². The SMILES string of the molecule is CCOC(=O)C1=C(C)N=c2s/c(=C\c3ccc(OC(C)=O)c(Br)c3)c(=O)n2[C@H]1c1ccccc1. The summed E-state index contributed by atoms with van der Waals surface area (Å²) in [5, 5.41) is 0. The van der Waals surface area contributed by atoms with Gasteiger partial charge >= 0.3 is 11.9 Å². The Kier molecular flexibility index (Phi) is 6.95. The summed E-state index contributed by atoms with van der Waals surface area (Å²) in [5.74, 6) is -0.516. The number of allylic oxidation sites excluding steroid dienone is 1. The third-order valence-electron chi connectivity index (χ3n) is 5.14. The Morgan fingerprint density at radius 2 is 1.94 bits per heavy atom. The predicted octanol–water partition coefficient (Wildman–Crippen LogP) is 3.49. The summed E-state index contributed by atoms with van der Waals surface area (Å²) in [5.41, 5.74) is 2.15. The first kappa shape index (κ1) is 23.8. The lowest BCUT2D eigenvalue weighted by molar-refractivity contribution is -0.139. The molecule has 0 bridgehead atoms. The van der Waals surface area contributed by atoms with Crippen molar-refractivity contribution < 1.29 is 19.1 Å². The Bertz CT molecular complexity index is 1490. The Morgan fingerprint density at radius 3 is 2.59 bits per heavy atom. The minimum Gasteiger partial charge on any atom is -0.463 e. The Hall–Kier alpha value is -3.30. The first-order valence-electron chi connectivity index (χ1n) is 10.5. The third kappa shape index (κ3) is 4.67. The van der Waals surface area contributed by atoms with E-state index in [9.17, 15) is 14.4 Å². The normalized spacial score (nSPS) is 15.5. The van der Waals surface area contributed by atoms with Crippen molar-refractivity contribution in [3.05, 3.63) is 95.1 Å². The fraction of sp³-hybridized carbons (Fsp3) is 0.200. The highest BCUT2D eigenvalue weighted by atomic mass is 79.9. The monoisotopic (exact) mass is 540 g/mol. The molecule has 0 N–H and O–H groups in total. The van der Waals surface area contributed by atoms with Crippen molar-refractivity contribution >= 4 is 45.3 Å². The van der Waals surface area contributed by atoms with Crippen LogP contribution in [-0.2, 0) is 14.3 Å². The molecule has 3 aromatic rings. The van der Waals surface area contributed by atoms with E-state index < -0.39 is 18.0 Å². The number of thiazole rings is 1. The van der Waals surface area contributed by atoms with Crippen molar-refractivity contribution in [2.45, 2.75) is 26.8 Å². The molecule has 1 atom stereocenters. The smallest absolute Gasteiger partial charge is 0.338 e. The first-order chi connectivity index (χ1) is 16.3. The number of rotatable bonds is 5. The Morgan fingerprint density at radius 1 is 1.21 bits per heavy atom. The van der Waals surface area contributed by atoms with E-state index in [1.807, 2.05) is 30.3 Å². The van der Waals surface area contributed by atoms with Gasteiger partial charge in [-0.05, 0) is 59.1 Å². The van der Waals surface area contributed by atoms with Crippen molar-refractivity contribution in [2.75, 3.05) is 6.61 Å². The molecule has 9 heteroatoms. The van der Waals surface area contributed by atoms with Gasteiger partial charge in [0.15, 0.2) is 4.80 Å². The number of nitrogens with zero attached hydrogens (tertiary/aromatic N) is 2. The molecule has 0 amide bonds. The summed E-state index contributed by atoms with van der Waals surface area (Å²) in [6.45, 7) is 5.05. The number of fused-ring (bicyclic) bond motifs is 1. The van der Waals surface area contributed by atoms with Crippen LogP contribution in [0.3, 0.4) is 0 Å². The molecular formula is C25H21BrN2O5S. The second kappa shape index (κ2) is 9.90. The average Bonchev–Trinajstić information content (AvgIpc) is 3.09. The molecule has 0 aliphatic carbocycles. The zero-order valence-electron chi connectivity index (χ0n) is 18.7. The fourth-order valence-corrected chi connectivity index (χ4v) is 5.26. The predicted molar refractivity (Wildman–Crippen MR) is 132 cm³/mol. The van der Waals surface area contributed by atoms with Gasteiger partial charge in [0.2, 0.25) is 0 Å². The maximum atomic E-state index is 13.6. The summed E-state index contributed by atoms with van der Waals surface area (Å²) >= 11 is 4.65. The largest absolute Gasteiger partial charge is 0.463 e. The number of ether oxygens (including phenoxy) is 2. The van der Waals surface area contributed by atoms with E-state index in [2.05, 4.69) is 20.9 Å². The highest BCUT2D eigenvalue weighted by Gasteiger charge is 2.33. The van der Waals surface area contributed by atoms with E-state index in [0.29, 0.717) is 30.8 Å². The molecule has 1 aromatic heterocycles. The lowest BCUT2D eigenvalue weighted by Crippen LogP contribution is -2.39. The quantitative estimate of drug-likeness (QED) is 0.365. The van der Waals surface area contributed by atoms with E-state index in [1.54, 1.807) is 42.7 Å². The lowest BCUT2D eigenvalue weighted by atomic mass is 9.96. The summed E-state index contributed by atoms with van der Waals surface area (Å²) < 4.78 is 13.0. The summed E-state index contributed by atoms with van der Waals surface area (Å²) in [6.07, 6.45) is 1.75. The van der Waals surface area contributed by atoms with Crippen LogP contribution in [-0.4, -0.2) is 23.1 Å². The second-order valence-electron chi connectivity index (χ2n) is 7.50. The molecule has 2 heterocycles. The van der Waals surface area contributed by atoms with Crippen LogP contribution in [0.4, 0.5) is 0 Å². The summed E-state index contributed by atoms with van der Waals surface area (Å²) in [6, 6.07) is 13.9. The molecule has 4 rings (SSSR count). The third-order valence-corrected chi connectivity index (χ3v) is 6.74. The maximum Gasteiger partial charge on any atom is 0.338 e. The number of hydrogen-bond donors (Lipinski definition) is 0. The zero-order valence-corrected chi connectivity index (χ0v) is 21.1. The van der Waals surface area contributed by atoms with Crippen LogP contribution in [0, 0.1) is 0 Å². The maximum absolute atomic E-state index is 13.6. The van der Waals surface area contributed by atoms with Gasteiger partial charge in [0.05, 0.1) is 32.9 Å². The number of esters is 2. The van der Waals surface area contributed by atoms with E-state index in [-0.39, 0.29) is 12.2 Å². The van der Waals surface area contributed by atoms with Gasteiger partial charge in [0.1, 0.15) is 5.75 Å². The van der Waals surface area contributed by atoms with Crippen LogP contribution in [0.15, 0.2) is 74.1 Å². The molecule has 0 saturated carbocycles. The molecule has 0 saturated heterocycles. The van der Waals surface area contributed by atoms with Crippen molar-refractivity contribution in [3.8, 4) is 5.75 Å². The molecule has 0 radical (unpaired) electrons. The number of carbonyl (C=O) groups is 2. The summed E-state index contributed by atoms with van der Waals surface area (Å²) in [4.78, 5) is 42.7. The number of benzene rings is 2. The van der Waals surface area contributed by atoms with Crippen LogP contribution in [0.25, 0.3) is 6.08 Å². The Labute approximate surface area is 207 Å². The molecule has 0 fully saturated rings. The van der Waals surface area contributed by atoms with Crippen molar-refractivity contribution in [3.63, 3.8) is 0 Å². The molecular weight excluding hydrogens is 520 g/mol. The highest BCUT2D eigenvalue weighted by molar-refractivity contribution is 9.10. The van der Waals surface area contributed by atoms with Gasteiger partial charge in [0, 0.05) is 6.92 Å². The number of carbonyl (C=O) groups excluding carboxylic acids is 2. The molecule has 34 heavy (non-hydrogen) atoms. The van der Waals surface area contributed by atoms with Gasteiger partial charge in [-0.2, -0.15) is 0 Å². The minimum absolute atomic E-state index is 0.222. The van der Waals surface area contributed by atoms with Crippen molar-refractivity contribution in [2.24, 2.45) is 4.99 Å². The first-order valence-corrected chi connectivity index (χ1v) is 12.1. The van der Waals surface area contributed by atoms with Crippen molar-refractivity contribution in [1.82, 2.24) is 4.57 Å². The van der Waals surface area contributed by atoms with Crippen LogP contribution in [0.2, 0.25) is 0 Å². The minimum atomic E-state index is -0.642. The van der Waals surface area contributed by atoms with Crippen LogP contribution < -0.4 is 19.6 Å². The standard InChI is InChI=1S/C25H21BrN2O5S/c1-4-32-24(31)21-14(2)27-25-28(22(21)17-8-6-5-7-9-17)23(30)20(34-25)13-16-10-11-19(18(26)12-16)33-15(3)29/h5-13,22H,4H2,1-3H3/b20-13-/t22-/m0/s1. The van der Waals surface area contributed by atoms with Gasteiger partial charge in [-0.3, -0.25) is 14.2 Å². The van der Waals surface area contributed by atoms with Crippen LogP contribution >= 0.6 is 27.3 Å². The van der Waals surface area contributed by atoms with E-state index in [0.717, 1.165) is 11.1 Å². The lowest BCUT2D eigenvalue weighted by Gasteiger charge is -2.24. The topological polar surface area (TPSA) is 87.0 Å².